The summed E-state index contributed by atoms with van der Waals surface area (Å²) in [6.45, 7) is -0.509. The van der Waals surface area contributed by atoms with Crippen molar-refractivity contribution in [2.75, 3.05) is 19.7 Å². The van der Waals surface area contributed by atoms with E-state index in [0.29, 0.717) is 4.31 Å². The first-order valence-electron chi connectivity index (χ1n) is 4.67. The van der Waals surface area contributed by atoms with Crippen molar-refractivity contribution in [1.82, 2.24) is 4.31 Å². The first-order chi connectivity index (χ1) is 7.39. The lowest BCUT2D eigenvalue weighted by Crippen LogP contribution is -2.42. The monoisotopic (exact) mass is 256 g/mol. The minimum atomic E-state index is -4.09. The number of nitriles is 1. The largest absolute Gasteiger partial charge is 0.395 e. The van der Waals surface area contributed by atoms with Crippen LogP contribution in [-0.2, 0) is 10.0 Å². The molecule has 0 aliphatic rings. The Balaban J connectivity index is 4.96. The maximum Gasteiger partial charge on any atom is 0.252 e. The molecule has 16 heavy (non-hydrogen) atoms. The number of nitrogens with zero attached hydrogens (tertiary/aromatic N) is 2. The highest BCUT2D eigenvalue weighted by Gasteiger charge is 2.32. The van der Waals surface area contributed by atoms with Crippen LogP contribution in [0.2, 0.25) is 0 Å². The summed E-state index contributed by atoms with van der Waals surface area (Å²) in [6, 6.07) is 1.55. The van der Waals surface area contributed by atoms with E-state index in [-0.39, 0.29) is 6.42 Å². The van der Waals surface area contributed by atoms with E-state index in [4.69, 9.17) is 10.4 Å². The lowest BCUT2D eigenvalue weighted by molar-refractivity contribution is 0.112. The number of rotatable bonds is 7. The van der Waals surface area contributed by atoms with E-state index in [0.717, 1.165) is 0 Å². The van der Waals surface area contributed by atoms with Crippen molar-refractivity contribution in [2.45, 2.75) is 25.0 Å². The first-order valence-corrected chi connectivity index (χ1v) is 6.18. The van der Waals surface area contributed by atoms with Gasteiger partial charge in [0.05, 0.1) is 19.2 Å². The summed E-state index contributed by atoms with van der Waals surface area (Å²) in [5.74, 6) is 0. The van der Waals surface area contributed by atoms with Crippen LogP contribution in [0.5, 0.6) is 0 Å². The molecule has 8 heteroatoms. The Hall–Kier alpha value is -0.780. The van der Waals surface area contributed by atoms with Crippen molar-refractivity contribution in [3.05, 3.63) is 0 Å². The van der Waals surface area contributed by atoms with Crippen LogP contribution >= 0.6 is 0 Å². The third kappa shape index (κ3) is 4.00. The van der Waals surface area contributed by atoms with Gasteiger partial charge in [0.15, 0.2) is 5.25 Å². The Morgan fingerprint density at radius 3 is 2.38 bits per heavy atom. The van der Waals surface area contributed by atoms with Crippen LogP contribution in [0.3, 0.4) is 0 Å². The van der Waals surface area contributed by atoms with Crippen molar-refractivity contribution in [1.29, 1.82) is 5.26 Å². The lowest BCUT2D eigenvalue weighted by Gasteiger charge is -2.22. The van der Waals surface area contributed by atoms with Gasteiger partial charge in [0, 0.05) is 6.54 Å². The van der Waals surface area contributed by atoms with Crippen molar-refractivity contribution < 1.29 is 22.3 Å². The SMILES string of the molecule is CCC(C#N)S(=O)(=O)N(CCO)CC(F)F. The molecule has 5 nitrogen and oxygen atoms in total. The van der Waals surface area contributed by atoms with Gasteiger partial charge in [0.25, 0.3) is 6.43 Å². The molecule has 0 aromatic carbocycles. The summed E-state index contributed by atoms with van der Waals surface area (Å²) in [7, 11) is -4.09. The summed E-state index contributed by atoms with van der Waals surface area (Å²) >= 11 is 0. The molecule has 0 saturated heterocycles. The van der Waals surface area contributed by atoms with Gasteiger partial charge in [-0.05, 0) is 6.42 Å². The van der Waals surface area contributed by atoms with E-state index in [1.165, 1.54) is 6.92 Å². The normalized spacial score (nSPS) is 14.1. The van der Waals surface area contributed by atoms with Crippen LogP contribution in [-0.4, -0.2) is 49.2 Å². The minimum absolute atomic E-state index is 0.0179. The van der Waals surface area contributed by atoms with E-state index in [2.05, 4.69) is 0 Å². The third-order valence-electron chi connectivity index (χ3n) is 1.93. The summed E-state index contributed by atoms with van der Waals surface area (Å²) in [4.78, 5) is 0. The fraction of sp³-hybridized carbons (Fsp3) is 0.875. The summed E-state index contributed by atoms with van der Waals surface area (Å²) in [6.07, 6.45) is -2.82. The molecule has 0 rings (SSSR count). The molecule has 0 heterocycles. The van der Waals surface area contributed by atoms with E-state index in [1.54, 1.807) is 6.07 Å². The number of halogens is 2. The van der Waals surface area contributed by atoms with E-state index in [9.17, 15) is 17.2 Å². The maximum absolute atomic E-state index is 12.1. The summed E-state index contributed by atoms with van der Waals surface area (Å²) in [5, 5.41) is 15.9. The Kier molecular flexibility index (Phi) is 6.40. The number of hydrogen-bond donors (Lipinski definition) is 1. The molecule has 0 amide bonds. The maximum atomic E-state index is 12.1. The zero-order valence-corrected chi connectivity index (χ0v) is 9.62. The van der Waals surface area contributed by atoms with E-state index in [1.807, 2.05) is 0 Å². The molecule has 0 aromatic rings. The molecule has 1 N–H and O–H groups in total. The standard InChI is InChI=1S/C8H14F2N2O3S/c1-2-7(5-11)16(14,15)12(3-4-13)6-8(9)10/h7-8,13H,2-4,6H2,1H3. The lowest BCUT2D eigenvalue weighted by atomic mass is 10.4. The Morgan fingerprint density at radius 2 is 2.06 bits per heavy atom. The molecule has 0 aliphatic carbocycles. The van der Waals surface area contributed by atoms with Gasteiger partial charge in [-0.25, -0.2) is 17.2 Å². The fourth-order valence-corrected chi connectivity index (χ4v) is 2.71. The van der Waals surface area contributed by atoms with E-state index >= 15 is 0 Å². The zero-order valence-electron chi connectivity index (χ0n) is 8.81. The minimum Gasteiger partial charge on any atom is -0.395 e. The van der Waals surface area contributed by atoms with Crippen molar-refractivity contribution >= 4 is 10.0 Å². The number of alkyl halides is 2. The average Bonchev–Trinajstić information content (AvgIpc) is 2.18. The quantitative estimate of drug-likeness (QED) is 0.704. The molecule has 0 bridgehead atoms. The molecule has 0 saturated carbocycles. The molecule has 1 unspecified atom stereocenters. The molecule has 94 valence electrons. The van der Waals surface area contributed by atoms with Crippen molar-refractivity contribution in [3.63, 3.8) is 0 Å². The predicted molar refractivity (Wildman–Crippen MR) is 53.3 cm³/mol. The second-order valence-electron chi connectivity index (χ2n) is 3.04. The summed E-state index contributed by atoms with van der Waals surface area (Å²) < 4.78 is 48.1. The average molecular weight is 256 g/mol. The predicted octanol–water partition coefficient (Wildman–Crippen LogP) is 0.178. The van der Waals surface area contributed by atoms with Crippen LogP contribution in [0, 0.1) is 11.3 Å². The second kappa shape index (κ2) is 6.73. The van der Waals surface area contributed by atoms with Gasteiger partial charge in [-0.2, -0.15) is 9.57 Å². The van der Waals surface area contributed by atoms with Gasteiger partial charge < -0.3 is 5.11 Å². The highest BCUT2D eigenvalue weighted by atomic mass is 32.2. The van der Waals surface area contributed by atoms with E-state index < -0.39 is 41.4 Å². The van der Waals surface area contributed by atoms with Crippen molar-refractivity contribution in [2.24, 2.45) is 0 Å². The van der Waals surface area contributed by atoms with Gasteiger partial charge in [0.1, 0.15) is 0 Å². The molecular formula is C8H14F2N2O3S. The topological polar surface area (TPSA) is 81.4 Å². The highest BCUT2D eigenvalue weighted by Crippen LogP contribution is 2.13. The van der Waals surface area contributed by atoms with Gasteiger partial charge in [0.2, 0.25) is 10.0 Å². The first kappa shape index (κ1) is 15.2. The fourth-order valence-electron chi connectivity index (χ4n) is 1.14. The molecule has 0 spiro atoms. The van der Waals surface area contributed by atoms with Gasteiger partial charge in [-0.3, -0.25) is 0 Å². The van der Waals surface area contributed by atoms with Crippen LogP contribution in [0.4, 0.5) is 8.78 Å². The number of sulfonamides is 1. The number of aliphatic hydroxyl groups is 1. The Labute approximate surface area is 93.3 Å². The van der Waals surface area contributed by atoms with Crippen LogP contribution in [0.25, 0.3) is 0 Å². The highest BCUT2D eigenvalue weighted by molar-refractivity contribution is 7.90. The van der Waals surface area contributed by atoms with Gasteiger partial charge >= 0.3 is 0 Å². The third-order valence-corrected chi connectivity index (χ3v) is 4.13. The Bertz CT molecular complexity index is 340. The van der Waals surface area contributed by atoms with Crippen LogP contribution < -0.4 is 0 Å². The molecule has 0 fully saturated rings. The second-order valence-corrected chi connectivity index (χ2v) is 5.16. The van der Waals surface area contributed by atoms with Gasteiger partial charge in [-0.1, -0.05) is 6.92 Å². The molecular weight excluding hydrogens is 242 g/mol. The van der Waals surface area contributed by atoms with Crippen LogP contribution in [0.1, 0.15) is 13.3 Å². The molecule has 1 atom stereocenters. The van der Waals surface area contributed by atoms with Crippen LogP contribution in [0.15, 0.2) is 0 Å². The molecule has 0 radical (unpaired) electrons. The summed E-state index contributed by atoms with van der Waals surface area (Å²) in [5.41, 5.74) is 0. The van der Waals surface area contributed by atoms with Crippen molar-refractivity contribution in [3.8, 4) is 6.07 Å². The number of hydrogen-bond acceptors (Lipinski definition) is 4. The Morgan fingerprint density at radius 1 is 1.50 bits per heavy atom. The van der Waals surface area contributed by atoms with Gasteiger partial charge in [-0.15, -0.1) is 0 Å². The number of aliphatic hydroxyl groups excluding tert-OH is 1. The molecule has 0 aromatic heterocycles. The molecule has 0 aliphatic heterocycles. The zero-order chi connectivity index (χ0) is 12.8. The smallest absolute Gasteiger partial charge is 0.252 e.